The number of hydrogen-bond donors (Lipinski definition) is 1. The van der Waals surface area contributed by atoms with Crippen LogP contribution in [0.4, 0.5) is 4.79 Å². The highest BCUT2D eigenvalue weighted by Crippen LogP contribution is 2.09. The van der Waals surface area contributed by atoms with Gasteiger partial charge in [-0.1, -0.05) is 6.58 Å². The van der Waals surface area contributed by atoms with Gasteiger partial charge in [-0.3, -0.25) is 5.84 Å². The van der Waals surface area contributed by atoms with Crippen LogP contribution in [-0.2, 0) is 4.74 Å². The number of nitrogens with two attached hydrogens (primary N) is 1. The van der Waals surface area contributed by atoms with Gasteiger partial charge in [-0.15, -0.1) is 0 Å². The Balaban J connectivity index is 4.32. The Morgan fingerprint density at radius 1 is 1.54 bits per heavy atom. The van der Waals surface area contributed by atoms with Gasteiger partial charge >= 0.3 is 6.09 Å². The number of hydrazine groups is 2. The molecule has 2 N–H and O–H groups in total. The van der Waals surface area contributed by atoms with Crippen molar-refractivity contribution in [1.82, 2.24) is 10.1 Å². The molecule has 5 nitrogen and oxygen atoms in total. The van der Waals surface area contributed by atoms with Gasteiger partial charge in [0.1, 0.15) is 5.60 Å². The predicted molar refractivity (Wildman–Crippen MR) is 50.2 cm³/mol. The van der Waals surface area contributed by atoms with Gasteiger partial charge in [0, 0.05) is 13.2 Å². The van der Waals surface area contributed by atoms with Crippen molar-refractivity contribution in [1.29, 1.82) is 0 Å². The fourth-order valence-electron chi connectivity index (χ4n) is 0.641. The highest BCUT2D eigenvalue weighted by Gasteiger charge is 2.21. The Kier molecular flexibility index (Phi) is 3.90. The Labute approximate surface area is 78.7 Å². The number of hydrogen-bond acceptors (Lipinski definition) is 4. The van der Waals surface area contributed by atoms with Crippen LogP contribution >= 0.6 is 0 Å². The number of rotatable bonds is 2. The van der Waals surface area contributed by atoms with E-state index in [1.807, 2.05) is 0 Å². The molecule has 0 rings (SSSR count). The van der Waals surface area contributed by atoms with Crippen molar-refractivity contribution in [2.45, 2.75) is 26.4 Å². The van der Waals surface area contributed by atoms with Crippen LogP contribution in [0.25, 0.3) is 0 Å². The maximum absolute atomic E-state index is 11.3. The van der Waals surface area contributed by atoms with Gasteiger partial charge in [-0.25, -0.2) is 9.80 Å². The van der Waals surface area contributed by atoms with Crippen molar-refractivity contribution in [3.63, 3.8) is 0 Å². The molecule has 0 fully saturated rings. The summed E-state index contributed by atoms with van der Waals surface area (Å²) in [7, 11) is 1.52. The van der Waals surface area contributed by atoms with E-state index in [9.17, 15) is 4.79 Å². The van der Waals surface area contributed by atoms with E-state index < -0.39 is 11.7 Å². The summed E-state index contributed by atoms with van der Waals surface area (Å²) in [5.41, 5.74) is -0.533. The SMILES string of the molecule is C=CN(C(=O)OC(C)(C)C)N(C)N. The third-order valence-electron chi connectivity index (χ3n) is 1.09. The summed E-state index contributed by atoms with van der Waals surface area (Å²) in [4.78, 5) is 11.3. The highest BCUT2D eigenvalue weighted by atomic mass is 16.6. The first-order valence-corrected chi connectivity index (χ1v) is 3.91. The summed E-state index contributed by atoms with van der Waals surface area (Å²) in [5.74, 6) is 5.35. The molecule has 0 aromatic carbocycles. The first-order chi connectivity index (χ1) is 5.78. The second kappa shape index (κ2) is 4.25. The molecule has 0 radical (unpaired) electrons. The van der Waals surface area contributed by atoms with Crippen molar-refractivity contribution in [3.05, 3.63) is 12.8 Å². The van der Waals surface area contributed by atoms with Gasteiger partial charge in [-0.05, 0) is 20.8 Å². The molecule has 0 unspecified atom stereocenters. The standard InChI is InChI=1S/C8H17N3O2/c1-6-11(10(5)9)7(12)13-8(2,3)4/h6H,1,9H2,2-5H3. The smallest absolute Gasteiger partial charge is 0.430 e. The molecule has 0 aromatic rings. The summed E-state index contributed by atoms with van der Waals surface area (Å²) >= 11 is 0. The fourth-order valence-corrected chi connectivity index (χ4v) is 0.641. The largest absolute Gasteiger partial charge is 0.442 e. The first kappa shape index (κ1) is 11.9. The van der Waals surface area contributed by atoms with Gasteiger partial charge in [-0.2, -0.15) is 5.12 Å². The molecule has 0 saturated heterocycles. The Morgan fingerprint density at radius 3 is 2.23 bits per heavy atom. The van der Waals surface area contributed by atoms with Gasteiger partial charge < -0.3 is 4.74 Å². The van der Waals surface area contributed by atoms with E-state index >= 15 is 0 Å². The Bertz CT molecular complexity index is 196. The second-order valence-corrected chi connectivity index (χ2v) is 3.58. The average Bonchev–Trinajstić information content (AvgIpc) is 1.82. The van der Waals surface area contributed by atoms with Crippen LogP contribution in [0, 0.1) is 0 Å². The minimum atomic E-state index is -0.549. The lowest BCUT2D eigenvalue weighted by molar-refractivity contribution is -0.0158. The lowest BCUT2D eigenvalue weighted by Gasteiger charge is -2.27. The van der Waals surface area contributed by atoms with E-state index in [0.29, 0.717) is 0 Å². The zero-order valence-electron chi connectivity index (χ0n) is 8.57. The monoisotopic (exact) mass is 187 g/mol. The summed E-state index contributed by atoms with van der Waals surface area (Å²) in [6.45, 7) is 8.78. The molecule has 5 heteroatoms. The molecule has 0 atom stereocenters. The van der Waals surface area contributed by atoms with Crippen LogP contribution in [-0.4, -0.2) is 28.9 Å². The van der Waals surface area contributed by atoms with Gasteiger partial charge in [0.2, 0.25) is 0 Å². The quantitative estimate of drug-likeness (QED) is 0.519. The predicted octanol–water partition coefficient (Wildman–Crippen LogP) is 1.09. The van der Waals surface area contributed by atoms with Crippen LogP contribution in [0.2, 0.25) is 0 Å². The zero-order chi connectivity index (χ0) is 10.6. The fraction of sp³-hybridized carbons (Fsp3) is 0.625. The molecular formula is C8H17N3O2. The highest BCUT2D eigenvalue weighted by molar-refractivity contribution is 5.68. The van der Waals surface area contributed by atoms with E-state index in [0.717, 1.165) is 10.1 Å². The summed E-state index contributed by atoms with van der Waals surface area (Å²) in [6.07, 6.45) is 0.737. The zero-order valence-corrected chi connectivity index (χ0v) is 8.57. The molecular weight excluding hydrogens is 170 g/mol. The molecule has 1 amide bonds. The topological polar surface area (TPSA) is 58.8 Å². The maximum Gasteiger partial charge on any atom is 0.430 e. The summed E-state index contributed by atoms with van der Waals surface area (Å²) < 4.78 is 5.05. The normalized spacial score (nSPS) is 11.2. The number of amides is 1. The van der Waals surface area contributed by atoms with E-state index in [2.05, 4.69) is 6.58 Å². The molecule has 0 aromatic heterocycles. The molecule has 0 aliphatic rings. The van der Waals surface area contributed by atoms with Crippen molar-refractivity contribution >= 4 is 6.09 Å². The number of carbonyl (C=O) groups excluding carboxylic acids is 1. The maximum atomic E-state index is 11.3. The third kappa shape index (κ3) is 4.49. The van der Waals surface area contributed by atoms with E-state index in [1.54, 1.807) is 20.8 Å². The third-order valence-corrected chi connectivity index (χ3v) is 1.09. The molecule has 0 spiro atoms. The first-order valence-electron chi connectivity index (χ1n) is 3.91. The molecule has 76 valence electrons. The molecule has 0 saturated carbocycles. The van der Waals surface area contributed by atoms with Crippen molar-refractivity contribution < 1.29 is 9.53 Å². The Morgan fingerprint density at radius 2 is 2.00 bits per heavy atom. The van der Waals surface area contributed by atoms with Crippen LogP contribution in [0.5, 0.6) is 0 Å². The van der Waals surface area contributed by atoms with Crippen LogP contribution in [0.3, 0.4) is 0 Å². The molecule has 0 aliphatic carbocycles. The lowest BCUT2D eigenvalue weighted by Crippen LogP contribution is -2.46. The van der Waals surface area contributed by atoms with Gasteiger partial charge in [0.05, 0.1) is 0 Å². The molecule has 0 bridgehead atoms. The minimum Gasteiger partial charge on any atom is -0.442 e. The van der Waals surface area contributed by atoms with Crippen molar-refractivity contribution in [3.8, 4) is 0 Å². The van der Waals surface area contributed by atoms with Gasteiger partial charge in [0.15, 0.2) is 0 Å². The number of ether oxygens (including phenoxy) is 1. The van der Waals surface area contributed by atoms with Crippen LogP contribution < -0.4 is 5.84 Å². The summed E-state index contributed by atoms with van der Waals surface area (Å²) in [5, 5.41) is 2.17. The van der Waals surface area contributed by atoms with E-state index in [4.69, 9.17) is 10.6 Å². The number of carbonyl (C=O) groups is 1. The lowest BCUT2D eigenvalue weighted by atomic mass is 10.2. The molecule has 0 aliphatic heterocycles. The second-order valence-electron chi connectivity index (χ2n) is 3.58. The van der Waals surface area contributed by atoms with E-state index in [-0.39, 0.29) is 0 Å². The molecule has 0 heterocycles. The van der Waals surface area contributed by atoms with Crippen molar-refractivity contribution in [2.75, 3.05) is 7.05 Å². The number of nitrogens with zero attached hydrogens (tertiary/aromatic N) is 2. The van der Waals surface area contributed by atoms with Crippen LogP contribution in [0.1, 0.15) is 20.8 Å². The van der Waals surface area contributed by atoms with Gasteiger partial charge in [0.25, 0.3) is 0 Å². The minimum absolute atomic E-state index is 0.533. The van der Waals surface area contributed by atoms with Crippen LogP contribution in [0.15, 0.2) is 12.8 Å². The van der Waals surface area contributed by atoms with Crippen molar-refractivity contribution in [2.24, 2.45) is 5.84 Å². The average molecular weight is 187 g/mol. The summed E-state index contributed by atoms with van der Waals surface area (Å²) in [6, 6.07) is 0. The van der Waals surface area contributed by atoms with E-state index in [1.165, 1.54) is 13.2 Å². The molecule has 13 heavy (non-hydrogen) atoms. The Hall–Kier alpha value is -1.07.